The third kappa shape index (κ3) is 3.38. The Morgan fingerprint density at radius 3 is 2.71 bits per heavy atom. The van der Waals surface area contributed by atoms with Gasteiger partial charge >= 0.3 is 5.76 Å². The van der Waals surface area contributed by atoms with Crippen LogP contribution in [0.2, 0.25) is 0 Å². The van der Waals surface area contributed by atoms with E-state index in [1.54, 1.807) is 10.6 Å². The van der Waals surface area contributed by atoms with E-state index in [0.717, 1.165) is 31.4 Å². The molecule has 0 radical (unpaired) electrons. The summed E-state index contributed by atoms with van der Waals surface area (Å²) < 4.78 is 6.77. The van der Waals surface area contributed by atoms with Gasteiger partial charge in [-0.25, -0.2) is 4.79 Å². The zero-order chi connectivity index (χ0) is 17.1. The number of carbonyl (C=O) groups excluding carboxylic acids is 1. The van der Waals surface area contributed by atoms with Gasteiger partial charge in [-0.1, -0.05) is 12.1 Å². The summed E-state index contributed by atoms with van der Waals surface area (Å²) in [5, 5.41) is 0. The van der Waals surface area contributed by atoms with Crippen molar-refractivity contribution in [1.82, 2.24) is 14.4 Å². The third-order valence-electron chi connectivity index (χ3n) is 4.91. The summed E-state index contributed by atoms with van der Waals surface area (Å²) in [5.74, 6) is -0.282. The summed E-state index contributed by atoms with van der Waals surface area (Å²) in [6.45, 7) is 5.15. The Morgan fingerprint density at radius 1 is 1.29 bits per heavy atom. The fourth-order valence-corrected chi connectivity index (χ4v) is 3.52. The average molecular weight is 331 g/mol. The van der Waals surface area contributed by atoms with Crippen LogP contribution in [0.5, 0.6) is 0 Å². The summed E-state index contributed by atoms with van der Waals surface area (Å²) in [7, 11) is 2.12. The predicted molar refractivity (Wildman–Crippen MR) is 93.0 cm³/mol. The van der Waals surface area contributed by atoms with E-state index in [2.05, 4.69) is 11.9 Å². The van der Waals surface area contributed by atoms with E-state index in [-0.39, 0.29) is 5.91 Å². The molecule has 6 nitrogen and oxygen atoms in total. The minimum absolute atomic E-state index is 0.115. The molecule has 0 atom stereocenters. The van der Waals surface area contributed by atoms with Crippen molar-refractivity contribution < 1.29 is 9.21 Å². The van der Waals surface area contributed by atoms with Gasteiger partial charge in [0.15, 0.2) is 5.58 Å². The molecule has 24 heavy (non-hydrogen) atoms. The van der Waals surface area contributed by atoms with Crippen molar-refractivity contribution in [3.8, 4) is 0 Å². The monoisotopic (exact) mass is 331 g/mol. The van der Waals surface area contributed by atoms with E-state index in [4.69, 9.17) is 4.42 Å². The maximum absolute atomic E-state index is 12.7. The number of hydrogen-bond acceptors (Lipinski definition) is 4. The largest absolute Gasteiger partial charge is 0.419 e. The first-order chi connectivity index (χ1) is 11.6. The van der Waals surface area contributed by atoms with Gasteiger partial charge in [-0.3, -0.25) is 9.36 Å². The molecule has 3 rings (SSSR count). The lowest BCUT2D eigenvalue weighted by atomic mass is 10.0. The summed E-state index contributed by atoms with van der Waals surface area (Å²) in [6, 6.07) is 7.63. The van der Waals surface area contributed by atoms with Gasteiger partial charge in [0, 0.05) is 25.6 Å². The molecule has 1 saturated heterocycles. The number of para-hydroxylation sites is 2. The lowest BCUT2D eigenvalue weighted by molar-refractivity contribution is -0.134. The topological polar surface area (TPSA) is 58.7 Å². The maximum atomic E-state index is 12.7. The van der Waals surface area contributed by atoms with Crippen LogP contribution in [-0.4, -0.2) is 53.0 Å². The van der Waals surface area contributed by atoms with Crippen molar-refractivity contribution >= 4 is 17.0 Å². The molecule has 1 aromatic heterocycles. The molecule has 1 aromatic carbocycles. The number of aryl methyl sites for hydroxylation is 1. The molecule has 1 fully saturated rings. The molecule has 2 aromatic rings. The smallest absolute Gasteiger partial charge is 0.408 e. The minimum Gasteiger partial charge on any atom is -0.408 e. The number of fused-ring (bicyclic) bond motifs is 1. The van der Waals surface area contributed by atoms with Crippen LogP contribution in [0.1, 0.15) is 26.2 Å². The van der Waals surface area contributed by atoms with Crippen molar-refractivity contribution in [2.24, 2.45) is 0 Å². The number of oxazole rings is 1. The summed E-state index contributed by atoms with van der Waals surface area (Å²) >= 11 is 0. The molecule has 6 heteroatoms. The second-order valence-electron chi connectivity index (χ2n) is 6.45. The number of carbonyl (C=O) groups is 1. The highest BCUT2D eigenvalue weighted by atomic mass is 16.4. The van der Waals surface area contributed by atoms with E-state index in [9.17, 15) is 9.59 Å². The zero-order valence-electron chi connectivity index (χ0n) is 14.4. The second kappa shape index (κ2) is 7.21. The van der Waals surface area contributed by atoms with Gasteiger partial charge in [-0.15, -0.1) is 0 Å². The van der Waals surface area contributed by atoms with Crippen molar-refractivity contribution in [2.45, 2.75) is 38.8 Å². The molecule has 1 aliphatic heterocycles. The number of aromatic nitrogens is 1. The molecule has 0 saturated carbocycles. The molecule has 1 amide bonds. The highest BCUT2D eigenvalue weighted by molar-refractivity contribution is 5.77. The van der Waals surface area contributed by atoms with Crippen LogP contribution in [0.3, 0.4) is 0 Å². The molecule has 130 valence electrons. The fourth-order valence-electron chi connectivity index (χ4n) is 3.52. The van der Waals surface area contributed by atoms with Crippen LogP contribution < -0.4 is 5.76 Å². The molecule has 2 heterocycles. The first-order valence-corrected chi connectivity index (χ1v) is 8.66. The number of rotatable bonds is 5. The first kappa shape index (κ1) is 16.8. The quantitative estimate of drug-likeness (QED) is 0.840. The van der Waals surface area contributed by atoms with Gasteiger partial charge in [-0.2, -0.15) is 0 Å². The molecule has 0 aliphatic carbocycles. The van der Waals surface area contributed by atoms with Crippen LogP contribution >= 0.6 is 0 Å². The highest BCUT2D eigenvalue weighted by Crippen LogP contribution is 2.17. The van der Waals surface area contributed by atoms with Crippen molar-refractivity contribution in [3.63, 3.8) is 0 Å². The van der Waals surface area contributed by atoms with Crippen molar-refractivity contribution in [2.75, 3.05) is 26.7 Å². The molecule has 0 bridgehead atoms. The maximum Gasteiger partial charge on any atom is 0.419 e. The summed E-state index contributed by atoms with van der Waals surface area (Å²) in [6.07, 6.45) is 2.36. The van der Waals surface area contributed by atoms with Gasteiger partial charge in [0.2, 0.25) is 5.91 Å². The van der Waals surface area contributed by atoms with E-state index in [1.807, 2.05) is 30.0 Å². The van der Waals surface area contributed by atoms with Crippen LogP contribution in [0.15, 0.2) is 33.5 Å². The Balaban J connectivity index is 1.67. The second-order valence-corrected chi connectivity index (χ2v) is 6.45. The van der Waals surface area contributed by atoms with Gasteiger partial charge in [0.05, 0.1) is 5.52 Å². The number of benzene rings is 1. The normalized spacial score (nSPS) is 16.6. The van der Waals surface area contributed by atoms with Gasteiger partial charge < -0.3 is 14.2 Å². The Kier molecular flexibility index (Phi) is 5.04. The Hall–Kier alpha value is -2.08. The van der Waals surface area contributed by atoms with Crippen LogP contribution in [-0.2, 0) is 11.3 Å². The van der Waals surface area contributed by atoms with E-state index in [1.165, 1.54) is 0 Å². The van der Waals surface area contributed by atoms with E-state index >= 15 is 0 Å². The predicted octanol–water partition coefficient (Wildman–Crippen LogP) is 1.93. The Labute approximate surface area is 141 Å². The van der Waals surface area contributed by atoms with Crippen molar-refractivity contribution in [1.29, 1.82) is 0 Å². The molecule has 0 unspecified atom stereocenters. The first-order valence-electron chi connectivity index (χ1n) is 8.66. The molecule has 0 spiro atoms. The lowest BCUT2D eigenvalue weighted by Gasteiger charge is -2.37. The van der Waals surface area contributed by atoms with Gasteiger partial charge in [-0.05, 0) is 52.0 Å². The van der Waals surface area contributed by atoms with E-state index < -0.39 is 5.76 Å². The fraction of sp³-hybridized carbons (Fsp3) is 0.556. The van der Waals surface area contributed by atoms with Crippen LogP contribution in [0.4, 0.5) is 0 Å². The standard InChI is InChI=1S/C18H25N3O3/c1-3-20(14-8-11-19(2)12-9-14)17(22)10-13-21-15-6-4-5-7-16(15)24-18(21)23/h4-7,14H,3,8-13H2,1-2H3. The number of piperidine rings is 1. The average Bonchev–Trinajstić information content (AvgIpc) is 2.90. The SMILES string of the molecule is CCN(C(=O)CCn1c(=O)oc2ccccc21)C1CCN(C)CC1. The Morgan fingerprint density at radius 2 is 2.00 bits per heavy atom. The molecular weight excluding hydrogens is 306 g/mol. The molecule has 0 N–H and O–H groups in total. The van der Waals surface area contributed by atoms with Gasteiger partial charge in [0.25, 0.3) is 0 Å². The third-order valence-corrected chi connectivity index (χ3v) is 4.91. The molecular formula is C18H25N3O3. The highest BCUT2D eigenvalue weighted by Gasteiger charge is 2.25. The summed E-state index contributed by atoms with van der Waals surface area (Å²) in [4.78, 5) is 28.9. The van der Waals surface area contributed by atoms with Crippen LogP contribution in [0, 0.1) is 0 Å². The van der Waals surface area contributed by atoms with E-state index in [0.29, 0.717) is 31.1 Å². The number of hydrogen-bond donors (Lipinski definition) is 0. The van der Waals surface area contributed by atoms with Crippen molar-refractivity contribution in [3.05, 3.63) is 34.8 Å². The van der Waals surface area contributed by atoms with Gasteiger partial charge in [0.1, 0.15) is 0 Å². The number of amides is 1. The summed E-state index contributed by atoms with van der Waals surface area (Å²) in [5.41, 5.74) is 1.32. The minimum atomic E-state index is -0.397. The van der Waals surface area contributed by atoms with Crippen LogP contribution in [0.25, 0.3) is 11.1 Å². The number of nitrogens with zero attached hydrogens (tertiary/aromatic N) is 3. The zero-order valence-corrected chi connectivity index (χ0v) is 14.4. The molecule has 1 aliphatic rings. The lowest BCUT2D eigenvalue weighted by Crippen LogP contribution is -2.46. The Bertz CT molecular complexity index is 756. The number of likely N-dealkylation sites (tertiary alicyclic amines) is 1.